The SMILES string of the molecule is CCCOC1C(Cl)CC1Oc1ccc(Cl)c2ccccc12. The Morgan fingerprint density at radius 3 is 2.62 bits per heavy atom. The Labute approximate surface area is 134 Å². The van der Waals surface area contributed by atoms with Gasteiger partial charge in [-0.2, -0.15) is 0 Å². The molecule has 0 saturated heterocycles. The number of alkyl halides is 1. The van der Waals surface area contributed by atoms with E-state index in [9.17, 15) is 0 Å². The number of rotatable bonds is 5. The molecule has 1 fully saturated rings. The maximum atomic E-state index is 6.23. The molecule has 0 heterocycles. The number of ether oxygens (including phenoxy) is 2. The Balaban J connectivity index is 1.81. The van der Waals surface area contributed by atoms with Crippen molar-refractivity contribution < 1.29 is 9.47 Å². The van der Waals surface area contributed by atoms with Gasteiger partial charge in [0.15, 0.2) is 0 Å². The highest BCUT2D eigenvalue weighted by atomic mass is 35.5. The molecule has 112 valence electrons. The first-order chi connectivity index (χ1) is 10.2. The number of hydrogen-bond acceptors (Lipinski definition) is 2. The molecule has 0 bridgehead atoms. The van der Waals surface area contributed by atoms with Crippen LogP contribution in [0, 0.1) is 0 Å². The zero-order valence-corrected chi connectivity index (χ0v) is 13.4. The van der Waals surface area contributed by atoms with Crippen molar-refractivity contribution in [1.82, 2.24) is 0 Å². The Hall–Kier alpha value is -0.960. The van der Waals surface area contributed by atoms with Gasteiger partial charge in [-0.1, -0.05) is 42.8 Å². The summed E-state index contributed by atoms with van der Waals surface area (Å²) in [6.45, 7) is 2.81. The molecule has 0 radical (unpaired) electrons. The monoisotopic (exact) mass is 324 g/mol. The molecular weight excluding hydrogens is 307 g/mol. The van der Waals surface area contributed by atoms with Crippen molar-refractivity contribution in [1.29, 1.82) is 0 Å². The van der Waals surface area contributed by atoms with Crippen molar-refractivity contribution in [3.05, 3.63) is 41.4 Å². The molecular formula is C17H18Cl2O2. The standard InChI is InChI=1S/C17H18Cl2O2/c1-2-9-20-17-14(19)10-16(17)21-15-8-7-13(18)11-5-3-4-6-12(11)15/h3-8,14,16-17H,2,9-10H2,1H3. The van der Waals surface area contributed by atoms with Crippen LogP contribution in [-0.4, -0.2) is 24.2 Å². The molecule has 0 aromatic heterocycles. The fourth-order valence-electron chi connectivity index (χ4n) is 2.61. The zero-order chi connectivity index (χ0) is 14.8. The van der Waals surface area contributed by atoms with Crippen LogP contribution in [0.5, 0.6) is 5.75 Å². The van der Waals surface area contributed by atoms with Crippen LogP contribution in [0.15, 0.2) is 36.4 Å². The third-order valence-electron chi connectivity index (χ3n) is 3.80. The predicted molar refractivity (Wildman–Crippen MR) is 87.7 cm³/mol. The highest BCUT2D eigenvalue weighted by Gasteiger charge is 2.42. The first kappa shape index (κ1) is 15.0. The Morgan fingerprint density at radius 2 is 1.90 bits per heavy atom. The van der Waals surface area contributed by atoms with Gasteiger partial charge >= 0.3 is 0 Å². The Kier molecular flexibility index (Phi) is 4.58. The molecule has 3 rings (SSSR count). The predicted octanol–water partition coefficient (Wildman–Crippen LogP) is 5.05. The molecule has 0 amide bonds. The van der Waals surface area contributed by atoms with Crippen molar-refractivity contribution in [3.63, 3.8) is 0 Å². The first-order valence-corrected chi connectivity index (χ1v) is 8.11. The van der Waals surface area contributed by atoms with Crippen LogP contribution in [0.3, 0.4) is 0 Å². The van der Waals surface area contributed by atoms with Gasteiger partial charge in [0.05, 0.1) is 5.38 Å². The van der Waals surface area contributed by atoms with E-state index in [-0.39, 0.29) is 17.6 Å². The van der Waals surface area contributed by atoms with Gasteiger partial charge in [-0.3, -0.25) is 0 Å². The molecule has 1 saturated carbocycles. The van der Waals surface area contributed by atoms with Gasteiger partial charge < -0.3 is 9.47 Å². The van der Waals surface area contributed by atoms with Gasteiger partial charge in [-0.05, 0) is 18.6 Å². The summed E-state index contributed by atoms with van der Waals surface area (Å²) in [5.74, 6) is 0.841. The van der Waals surface area contributed by atoms with Gasteiger partial charge in [0.1, 0.15) is 18.0 Å². The number of fused-ring (bicyclic) bond motifs is 1. The van der Waals surface area contributed by atoms with E-state index < -0.39 is 0 Å². The highest BCUT2D eigenvalue weighted by Crippen LogP contribution is 2.37. The van der Waals surface area contributed by atoms with E-state index in [2.05, 4.69) is 6.92 Å². The van der Waals surface area contributed by atoms with E-state index in [1.54, 1.807) is 0 Å². The van der Waals surface area contributed by atoms with E-state index in [0.717, 1.165) is 41.0 Å². The van der Waals surface area contributed by atoms with Crippen LogP contribution in [-0.2, 0) is 4.74 Å². The molecule has 4 heteroatoms. The normalized spacial score (nSPS) is 24.8. The minimum Gasteiger partial charge on any atom is -0.487 e. The van der Waals surface area contributed by atoms with Crippen LogP contribution in [0.4, 0.5) is 0 Å². The topological polar surface area (TPSA) is 18.5 Å². The summed E-state index contributed by atoms with van der Waals surface area (Å²) in [4.78, 5) is 0. The van der Waals surface area contributed by atoms with Gasteiger partial charge in [0, 0.05) is 28.8 Å². The Morgan fingerprint density at radius 1 is 1.14 bits per heavy atom. The molecule has 2 aromatic rings. The van der Waals surface area contributed by atoms with Gasteiger partial charge in [-0.15, -0.1) is 11.6 Å². The first-order valence-electron chi connectivity index (χ1n) is 7.30. The van der Waals surface area contributed by atoms with Crippen LogP contribution >= 0.6 is 23.2 Å². The summed E-state index contributed by atoms with van der Waals surface area (Å²) < 4.78 is 11.9. The third-order valence-corrected chi connectivity index (χ3v) is 4.56. The molecule has 0 spiro atoms. The van der Waals surface area contributed by atoms with Crippen molar-refractivity contribution in [3.8, 4) is 5.75 Å². The van der Waals surface area contributed by atoms with Crippen molar-refractivity contribution in [2.75, 3.05) is 6.61 Å². The number of hydrogen-bond donors (Lipinski definition) is 0. The van der Waals surface area contributed by atoms with Crippen LogP contribution < -0.4 is 4.74 Å². The second-order valence-corrected chi connectivity index (χ2v) is 6.30. The summed E-state index contributed by atoms with van der Waals surface area (Å²) in [6, 6.07) is 11.8. The maximum absolute atomic E-state index is 6.23. The lowest BCUT2D eigenvalue weighted by atomic mass is 9.90. The molecule has 2 aromatic carbocycles. The average molecular weight is 325 g/mol. The second-order valence-electron chi connectivity index (χ2n) is 5.33. The quantitative estimate of drug-likeness (QED) is 0.717. The van der Waals surface area contributed by atoms with Crippen molar-refractivity contribution >= 4 is 34.0 Å². The third kappa shape index (κ3) is 2.98. The molecule has 0 N–H and O–H groups in total. The molecule has 21 heavy (non-hydrogen) atoms. The molecule has 0 aliphatic heterocycles. The lowest BCUT2D eigenvalue weighted by molar-refractivity contribution is -0.0792. The van der Waals surface area contributed by atoms with Crippen molar-refractivity contribution in [2.24, 2.45) is 0 Å². The maximum Gasteiger partial charge on any atom is 0.128 e. The van der Waals surface area contributed by atoms with Crippen LogP contribution in [0.25, 0.3) is 10.8 Å². The summed E-state index contributed by atoms with van der Waals surface area (Å²) in [6.07, 6.45) is 1.79. The summed E-state index contributed by atoms with van der Waals surface area (Å²) in [5, 5.41) is 2.81. The summed E-state index contributed by atoms with van der Waals surface area (Å²) >= 11 is 12.5. The highest BCUT2D eigenvalue weighted by molar-refractivity contribution is 6.35. The summed E-state index contributed by atoms with van der Waals surface area (Å²) in [5.41, 5.74) is 0. The van der Waals surface area contributed by atoms with Gasteiger partial charge in [-0.25, -0.2) is 0 Å². The average Bonchev–Trinajstić information content (AvgIpc) is 2.50. The fraction of sp³-hybridized carbons (Fsp3) is 0.412. The van der Waals surface area contributed by atoms with E-state index >= 15 is 0 Å². The van der Waals surface area contributed by atoms with Gasteiger partial charge in [0.2, 0.25) is 0 Å². The van der Waals surface area contributed by atoms with E-state index in [4.69, 9.17) is 32.7 Å². The fourth-order valence-corrected chi connectivity index (χ4v) is 3.25. The lowest BCUT2D eigenvalue weighted by Gasteiger charge is -2.40. The molecule has 1 aliphatic carbocycles. The van der Waals surface area contributed by atoms with E-state index in [1.807, 2.05) is 36.4 Å². The molecule has 2 nitrogen and oxygen atoms in total. The largest absolute Gasteiger partial charge is 0.487 e. The smallest absolute Gasteiger partial charge is 0.128 e. The Bertz CT molecular complexity index is 629. The second kappa shape index (κ2) is 6.43. The van der Waals surface area contributed by atoms with Crippen LogP contribution in [0.2, 0.25) is 5.02 Å². The molecule has 3 unspecified atom stereocenters. The van der Waals surface area contributed by atoms with Crippen molar-refractivity contribution in [2.45, 2.75) is 37.4 Å². The zero-order valence-electron chi connectivity index (χ0n) is 11.9. The van der Waals surface area contributed by atoms with E-state index in [0.29, 0.717) is 0 Å². The summed E-state index contributed by atoms with van der Waals surface area (Å²) in [7, 11) is 0. The lowest BCUT2D eigenvalue weighted by Crippen LogP contribution is -2.52. The number of halogens is 2. The minimum atomic E-state index is -0.0268. The van der Waals surface area contributed by atoms with E-state index in [1.165, 1.54) is 0 Å². The number of benzene rings is 2. The molecule has 1 aliphatic rings. The van der Waals surface area contributed by atoms with Crippen LogP contribution in [0.1, 0.15) is 19.8 Å². The minimum absolute atomic E-state index is 0.0173. The van der Waals surface area contributed by atoms with Gasteiger partial charge in [0.25, 0.3) is 0 Å². The molecule has 3 atom stereocenters.